The van der Waals surface area contributed by atoms with Gasteiger partial charge in [-0.2, -0.15) is 13.2 Å². The van der Waals surface area contributed by atoms with Crippen molar-refractivity contribution in [2.45, 2.75) is 13.1 Å². The summed E-state index contributed by atoms with van der Waals surface area (Å²) < 4.78 is 40.7. The number of furan rings is 1. The average molecular weight is 273 g/mol. The van der Waals surface area contributed by atoms with E-state index in [1.165, 1.54) is 6.07 Å². The second-order valence-corrected chi connectivity index (χ2v) is 3.99. The highest BCUT2D eigenvalue weighted by atomic mass is 19.4. The molecule has 1 aromatic heterocycles. The zero-order valence-electron chi connectivity index (χ0n) is 9.88. The van der Waals surface area contributed by atoms with Crippen molar-refractivity contribution < 1.29 is 27.2 Å². The fraction of sp³-hybridized carbons (Fsp3) is 0.250. The summed E-state index contributed by atoms with van der Waals surface area (Å²) in [6, 6.07) is 6.71. The van der Waals surface area contributed by atoms with Gasteiger partial charge in [-0.1, -0.05) is 11.6 Å². The Kier molecular flexibility index (Phi) is 3.48. The van der Waals surface area contributed by atoms with Crippen molar-refractivity contribution >= 4 is 16.9 Å². The number of halogens is 3. The quantitative estimate of drug-likeness (QED) is 0.875. The zero-order chi connectivity index (χ0) is 14.0. The minimum absolute atomic E-state index is 0.109. The van der Waals surface area contributed by atoms with Gasteiger partial charge in [-0.25, -0.2) is 5.48 Å². The van der Waals surface area contributed by atoms with Gasteiger partial charge < -0.3 is 4.42 Å². The van der Waals surface area contributed by atoms with Crippen LogP contribution in [0.15, 0.2) is 28.7 Å². The van der Waals surface area contributed by atoms with Gasteiger partial charge in [0.25, 0.3) is 0 Å². The lowest BCUT2D eigenvalue weighted by Gasteiger charge is -2.06. The summed E-state index contributed by atoms with van der Waals surface area (Å²) in [6.45, 7) is 0.316. The van der Waals surface area contributed by atoms with Gasteiger partial charge in [0.2, 0.25) is 0 Å². The molecular formula is C12H10F3NO3. The van der Waals surface area contributed by atoms with E-state index in [2.05, 4.69) is 4.84 Å². The Morgan fingerprint density at radius 2 is 2.11 bits per heavy atom. The molecular weight excluding hydrogens is 263 g/mol. The van der Waals surface area contributed by atoms with Crippen molar-refractivity contribution in [3.63, 3.8) is 0 Å². The van der Waals surface area contributed by atoms with Crippen LogP contribution in [0.1, 0.15) is 16.1 Å². The minimum Gasteiger partial charge on any atom is -0.451 e. The summed E-state index contributed by atoms with van der Waals surface area (Å²) in [7, 11) is 0. The maximum Gasteiger partial charge on any atom is 0.414 e. The Morgan fingerprint density at radius 1 is 1.37 bits per heavy atom. The monoisotopic (exact) mass is 273 g/mol. The number of hydrogen-bond donors (Lipinski definition) is 1. The molecule has 2 rings (SSSR count). The Bertz CT molecular complexity index is 604. The van der Waals surface area contributed by atoms with Gasteiger partial charge in [0.15, 0.2) is 12.4 Å². The number of fused-ring (bicyclic) bond motifs is 1. The molecule has 0 spiro atoms. The molecule has 1 aromatic carbocycles. The second-order valence-electron chi connectivity index (χ2n) is 3.99. The van der Waals surface area contributed by atoms with Crippen molar-refractivity contribution in [2.75, 3.05) is 6.61 Å². The molecule has 7 heteroatoms. The zero-order valence-corrected chi connectivity index (χ0v) is 9.88. The maximum atomic E-state index is 11.8. The van der Waals surface area contributed by atoms with E-state index in [0.29, 0.717) is 11.0 Å². The molecule has 2 aromatic rings. The van der Waals surface area contributed by atoms with E-state index in [0.717, 1.165) is 5.56 Å². The first-order valence-corrected chi connectivity index (χ1v) is 5.34. The van der Waals surface area contributed by atoms with E-state index in [1.54, 1.807) is 23.7 Å². The number of amides is 1. The van der Waals surface area contributed by atoms with Crippen LogP contribution in [0.5, 0.6) is 0 Å². The SMILES string of the molecule is Cc1ccc2oc(C(=O)NOCC(F)(F)F)cc2c1. The van der Waals surface area contributed by atoms with Gasteiger partial charge in [0.05, 0.1) is 0 Å². The van der Waals surface area contributed by atoms with Crippen molar-refractivity contribution in [2.24, 2.45) is 0 Å². The van der Waals surface area contributed by atoms with Crippen LogP contribution in [0, 0.1) is 6.92 Å². The van der Waals surface area contributed by atoms with Crippen LogP contribution >= 0.6 is 0 Å². The summed E-state index contributed by atoms with van der Waals surface area (Å²) in [5, 5.41) is 0.695. The van der Waals surface area contributed by atoms with E-state index in [4.69, 9.17) is 4.42 Å². The molecule has 4 nitrogen and oxygen atoms in total. The lowest BCUT2D eigenvalue weighted by molar-refractivity contribution is -0.184. The molecule has 0 atom stereocenters. The summed E-state index contributed by atoms with van der Waals surface area (Å²) in [5.41, 5.74) is 3.14. The van der Waals surface area contributed by atoms with Gasteiger partial charge in [-0.05, 0) is 25.1 Å². The topological polar surface area (TPSA) is 51.5 Å². The first-order chi connectivity index (χ1) is 8.85. The largest absolute Gasteiger partial charge is 0.451 e. The van der Waals surface area contributed by atoms with E-state index in [1.807, 2.05) is 6.92 Å². The summed E-state index contributed by atoms with van der Waals surface area (Å²) in [6.07, 6.45) is -4.50. The van der Waals surface area contributed by atoms with Gasteiger partial charge >= 0.3 is 12.1 Å². The summed E-state index contributed by atoms with van der Waals surface area (Å²) in [4.78, 5) is 15.5. The third-order valence-electron chi connectivity index (χ3n) is 2.30. The highest BCUT2D eigenvalue weighted by molar-refractivity contribution is 5.95. The Hall–Kier alpha value is -2.02. The van der Waals surface area contributed by atoms with Crippen LogP contribution in [0.2, 0.25) is 0 Å². The van der Waals surface area contributed by atoms with Gasteiger partial charge in [-0.15, -0.1) is 0 Å². The van der Waals surface area contributed by atoms with Crippen LogP contribution < -0.4 is 5.48 Å². The third-order valence-corrected chi connectivity index (χ3v) is 2.30. The lowest BCUT2D eigenvalue weighted by Crippen LogP contribution is -2.29. The summed E-state index contributed by atoms with van der Waals surface area (Å²) >= 11 is 0. The number of alkyl halides is 3. The highest BCUT2D eigenvalue weighted by Crippen LogP contribution is 2.20. The predicted molar refractivity (Wildman–Crippen MR) is 60.4 cm³/mol. The van der Waals surface area contributed by atoms with Gasteiger partial charge in [0, 0.05) is 5.39 Å². The smallest absolute Gasteiger partial charge is 0.414 e. The number of carbonyl (C=O) groups excluding carboxylic acids is 1. The number of hydroxylamine groups is 1. The number of benzene rings is 1. The molecule has 0 radical (unpaired) electrons. The number of rotatable bonds is 3. The van der Waals surface area contributed by atoms with E-state index in [-0.39, 0.29) is 5.76 Å². The standard InChI is InChI=1S/C12H10F3NO3/c1-7-2-3-9-8(4-7)5-10(19-9)11(17)16-18-6-12(13,14)15/h2-5H,6H2,1H3,(H,16,17). The predicted octanol–water partition coefficient (Wildman–Crippen LogP) is 2.96. The van der Waals surface area contributed by atoms with E-state index in [9.17, 15) is 18.0 Å². The van der Waals surface area contributed by atoms with Crippen LogP contribution in [-0.2, 0) is 4.84 Å². The molecule has 1 N–H and O–H groups in total. The molecule has 0 saturated carbocycles. The first kappa shape index (κ1) is 13.4. The molecule has 19 heavy (non-hydrogen) atoms. The van der Waals surface area contributed by atoms with Crippen LogP contribution in [0.3, 0.4) is 0 Å². The van der Waals surface area contributed by atoms with Crippen molar-refractivity contribution in [3.05, 3.63) is 35.6 Å². The number of aryl methyl sites for hydroxylation is 1. The normalized spacial score (nSPS) is 11.8. The second kappa shape index (κ2) is 4.93. The molecule has 0 aliphatic carbocycles. The van der Waals surface area contributed by atoms with Gasteiger partial charge in [-0.3, -0.25) is 9.63 Å². The molecule has 102 valence electrons. The number of carbonyl (C=O) groups is 1. The molecule has 0 aliphatic rings. The Labute approximate surface area is 106 Å². The number of hydrogen-bond acceptors (Lipinski definition) is 3. The molecule has 0 saturated heterocycles. The van der Waals surface area contributed by atoms with Crippen LogP contribution in [0.4, 0.5) is 13.2 Å². The molecule has 1 heterocycles. The molecule has 0 bridgehead atoms. The highest BCUT2D eigenvalue weighted by Gasteiger charge is 2.28. The maximum absolute atomic E-state index is 11.8. The summed E-state index contributed by atoms with van der Waals surface area (Å²) in [5.74, 6) is -0.971. The van der Waals surface area contributed by atoms with Crippen molar-refractivity contribution in [1.29, 1.82) is 0 Å². The molecule has 0 fully saturated rings. The Balaban J connectivity index is 2.05. The van der Waals surface area contributed by atoms with E-state index >= 15 is 0 Å². The lowest BCUT2D eigenvalue weighted by atomic mass is 10.2. The van der Waals surface area contributed by atoms with E-state index < -0.39 is 18.7 Å². The van der Waals surface area contributed by atoms with Crippen LogP contribution in [0.25, 0.3) is 11.0 Å². The Morgan fingerprint density at radius 3 is 2.79 bits per heavy atom. The number of nitrogens with one attached hydrogen (secondary N) is 1. The molecule has 0 unspecified atom stereocenters. The minimum atomic E-state index is -4.50. The molecule has 0 aliphatic heterocycles. The third kappa shape index (κ3) is 3.47. The average Bonchev–Trinajstić information content (AvgIpc) is 2.70. The fourth-order valence-electron chi connectivity index (χ4n) is 1.51. The fourth-order valence-corrected chi connectivity index (χ4v) is 1.51. The molecule has 1 amide bonds. The van der Waals surface area contributed by atoms with Crippen molar-refractivity contribution in [1.82, 2.24) is 5.48 Å². The van der Waals surface area contributed by atoms with Crippen LogP contribution in [-0.4, -0.2) is 18.7 Å². The first-order valence-electron chi connectivity index (χ1n) is 5.34. The van der Waals surface area contributed by atoms with Gasteiger partial charge in [0.1, 0.15) is 5.58 Å². The van der Waals surface area contributed by atoms with Crippen molar-refractivity contribution in [3.8, 4) is 0 Å².